The van der Waals surface area contributed by atoms with E-state index in [1.807, 2.05) is 18.7 Å². The first-order valence-electron chi connectivity index (χ1n) is 5.27. The number of carbonyl (C=O) groups is 2. The molecule has 0 spiro atoms. The highest BCUT2D eigenvalue weighted by Crippen LogP contribution is 2.19. The number of hydrogen-bond acceptors (Lipinski definition) is 4. The Hall–Kier alpha value is -1.50. The predicted molar refractivity (Wildman–Crippen MR) is 63.4 cm³/mol. The number of amides is 1. The Kier molecular flexibility index (Phi) is 3.37. The number of aromatic carboxylic acids is 1. The average molecular weight is 255 g/mol. The van der Waals surface area contributed by atoms with Crippen LogP contribution in [-0.4, -0.2) is 55.9 Å². The van der Waals surface area contributed by atoms with Gasteiger partial charge in [0.05, 0.1) is 6.33 Å². The van der Waals surface area contributed by atoms with E-state index < -0.39 is 5.97 Å². The van der Waals surface area contributed by atoms with Crippen molar-refractivity contribution in [2.75, 3.05) is 18.8 Å². The van der Waals surface area contributed by atoms with E-state index in [1.165, 1.54) is 6.33 Å². The first kappa shape index (κ1) is 12.0. The number of nitrogens with one attached hydrogen (secondary N) is 1. The van der Waals surface area contributed by atoms with Crippen molar-refractivity contribution in [3.05, 3.63) is 17.7 Å². The van der Waals surface area contributed by atoms with Gasteiger partial charge in [0.25, 0.3) is 5.91 Å². The van der Waals surface area contributed by atoms with Crippen molar-refractivity contribution < 1.29 is 14.7 Å². The molecule has 0 radical (unpaired) electrons. The van der Waals surface area contributed by atoms with Gasteiger partial charge in [0.15, 0.2) is 11.4 Å². The van der Waals surface area contributed by atoms with Crippen molar-refractivity contribution in [1.29, 1.82) is 0 Å². The third-order valence-corrected chi connectivity index (χ3v) is 3.72. The van der Waals surface area contributed by atoms with Crippen molar-refractivity contribution in [2.45, 2.75) is 12.2 Å². The molecule has 2 N–H and O–H groups in total. The van der Waals surface area contributed by atoms with Crippen LogP contribution in [0.25, 0.3) is 0 Å². The summed E-state index contributed by atoms with van der Waals surface area (Å²) in [6.45, 7) is 3.32. The standard InChI is InChI=1S/C10H13N3O3S/c1-6-4-13(2-3-17-6)9(14)7-8(10(15)16)12-5-11-7/h5-6H,2-4H2,1H3,(H,11,12)(H,15,16). The average Bonchev–Trinajstić information content (AvgIpc) is 2.77. The molecule has 6 nitrogen and oxygen atoms in total. The fraction of sp³-hybridized carbons (Fsp3) is 0.500. The number of imidazole rings is 1. The van der Waals surface area contributed by atoms with Crippen LogP contribution in [0.3, 0.4) is 0 Å². The van der Waals surface area contributed by atoms with Crippen LogP contribution in [0.5, 0.6) is 0 Å². The first-order chi connectivity index (χ1) is 8.09. The Balaban J connectivity index is 2.18. The van der Waals surface area contributed by atoms with Crippen LogP contribution in [0, 0.1) is 0 Å². The number of rotatable bonds is 2. The van der Waals surface area contributed by atoms with E-state index in [1.54, 1.807) is 4.90 Å². The lowest BCUT2D eigenvalue weighted by molar-refractivity contribution is 0.0670. The maximum Gasteiger partial charge on any atom is 0.354 e. The summed E-state index contributed by atoms with van der Waals surface area (Å²) in [5.74, 6) is -0.596. The van der Waals surface area contributed by atoms with Crippen molar-refractivity contribution in [3.8, 4) is 0 Å². The van der Waals surface area contributed by atoms with Gasteiger partial charge in [-0.15, -0.1) is 0 Å². The van der Waals surface area contributed by atoms with E-state index in [0.29, 0.717) is 18.3 Å². The number of H-pyrrole nitrogens is 1. The van der Waals surface area contributed by atoms with Gasteiger partial charge in [0, 0.05) is 24.1 Å². The monoisotopic (exact) mass is 255 g/mol. The fourth-order valence-corrected chi connectivity index (χ4v) is 2.79. The third kappa shape index (κ3) is 2.44. The normalized spacial score (nSPS) is 20.3. The molecule has 7 heteroatoms. The predicted octanol–water partition coefficient (Wildman–Crippen LogP) is 0.685. The maximum absolute atomic E-state index is 12.1. The van der Waals surface area contributed by atoms with Gasteiger partial charge < -0.3 is 15.0 Å². The number of aromatic amines is 1. The zero-order valence-electron chi connectivity index (χ0n) is 9.34. The molecule has 1 atom stereocenters. The molecule has 1 fully saturated rings. The molecule has 1 aromatic rings. The Labute approximate surface area is 102 Å². The van der Waals surface area contributed by atoms with Crippen LogP contribution in [0.2, 0.25) is 0 Å². The number of thioether (sulfide) groups is 1. The zero-order valence-corrected chi connectivity index (χ0v) is 10.2. The van der Waals surface area contributed by atoms with Crippen LogP contribution in [0.1, 0.15) is 27.9 Å². The van der Waals surface area contributed by atoms with Gasteiger partial charge in [-0.1, -0.05) is 6.92 Å². The molecule has 0 bridgehead atoms. The van der Waals surface area contributed by atoms with Crippen molar-refractivity contribution in [1.82, 2.24) is 14.9 Å². The second-order valence-electron chi connectivity index (χ2n) is 3.86. The molecule has 0 aromatic carbocycles. The van der Waals surface area contributed by atoms with Crippen LogP contribution in [0.4, 0.5) is 0 Å². The molecule has 1 amide bonds. The van der Waals surface area contributed by atoms with Gasteiger partial charge >= 0.3 is 5.97 Å². The largest absolute Gasteiger partial charge is 0.477 e. The molecule has 1 aromatic heterocycles. The summed E-state index contributed by atoms with van der Waals surface area (Å²) in [4.78, 5) is 30.9. The molecule has 92 valence electrons. The Morgan fingerprint density at radius 1 is 1.65 bits per heavy atom. The SMILES string of the molecule is CC1CN(C(=O)c2nc[nH]c2C(=O)O)CCS1. The molecular formula is C10H13N3O3S. The fourth-order valence-electron chi connectivity index (χ4n) is 1.77. The highest BCUT2D eigenvalue weighted by molar-refractivity contribution is 7.99. The van der Waals surface area contributed by atoms with E-state index in [9.17, 15) is 9.59 Å². The van der Waals surface area contributed by atoms with E-state index >= 15 is 0 Å². The van der Waals surface area contributed by atoms with E-state index in [0.717, 1.165) is 5.75 Å². The van der Waals surface area contributed by atoms with Gasteiger partial charge in [-0.2, -0.15) is 11.8 Å². The zero-order chi connectivity index (χ0) is 12.4. The van der Waals surface area contributed by atoms with E-state index in [4.69, 9.17) is 5.11 Å². The number of carboxylic acids is 1. The van der Waals surface area contributed by atoms with Crippen LogP contribution < -0.4 is 0 Å². The Morgan fingerprint density at radius 2 is 2.41 bits per heavy atom. The van der Waals surface area contributed by atoms with Gasteiger partial charge in [-0.3, -0.25) is 4.79 Å². The quantitative estimate of drug-likeness (QED) is 0.811. The topological polar surface area (TPSA) is 86.3 Å². The van der Waals surface area contributed by atoms with Crippen molar-refractivity contribution in [2.24, 2.45) is 0 Å². The number of aromatic nitrogens is 2. The van der Waals surface area contributed by atoms with E-state index in [2.05, 4.69) is 9.97 Å². The lowest BCUT2D eigenvalue weighted by Crippen LogP contribution is -2.41. The number of nitrogens with zero attached hydrogens (tertiary/aromatic N) is 2. The Bertz CT molecular complexity index is 446. The first-order valence-corrected chi connectivity index (χ1v) is 6.32. The summed E-state index contributed by atoms with van der Waals surface area (Å²) in [6, 6.07) is 0. The van der Waals surface area contributed by atoms with Gasteiger partial charge in [-0.25, -0.2) is 9.78 Å². The molecule has 1 saturated heterocycles. The minimum Gasteiger partial charge on any atom is -0.477 e. The number of hydrogen-bond donors (Lipinski definition) is 2. The highest BCUT2D eigenvalue weighted by atomic mass is 32.2. The molecular weight excluding hydrogens is 242 g/mol. The van der Waals surface area contributed by atoms with Crippen molar-refractivity contribution in [3.63, 3.8) is 0 Å². The van der Waals surface area contributed by atoms with Gasteiger partial charge in [0.2, 0.25) is 0 Å². The lowest BCUT2D eigenvalue weighted by Gasteiger charge is -2.30. The molecule has 1 unspecified atom stereocenters. The van der Waals surface area contributed by atoms with Gasteiger partial charge in [0.1, 0.15) is 0 Å². The third-order valence-electron chi connectivity index (χ3n) is 2.58. The summed E-state index contributed by atoms with van der Waals surface area (Å²) in [5, 5.41) is 9.28. The number of carbonyl (C=O) groups excluding carboxylic acids is 1. The second kappa shape index (κ2) is 4.79. The Morgan fingerprint density at radius 3 is 3.06 bits per heavy atom. The highest BCUT2D eigenvalue weighted by Gasteiger charge is 2.27. The second-order valence-corrected chi connectivity index (χ2v) is 5.41. The summed E-state index contributed by atoms with van der Waals surface area (Å²) < 4.78 is 0. The molecule has 1 aliphatic heterocycles. The number of carboxylic acid groups (broad SMARTS) is 1. The molecule has 0 aliphatic carbocycles. The maximum atomic E-state index is 12.1. The molecule has 0 saturated carbocycles. The molecule has 17 heavy (non-hydrogen) atoms. The van der Waals surface area contributed by atoms with Gasteiger partial charge in [-0.05, 0) is 0 Å². The lowest BCUT2D eigenvalue weighted by atomic mass is 10.2. The molecule has 2 heterocycles. The summed E-state index contributed by atoms with van der Waals surface area (Å²) in [6.07, 6.45) is 1.23. The van der Waals surface area contributed by atoms with Crippen molar-refractivity contribution >= 4 is 23.6 Å². The summed E-state index contributed by atoms with van der Waals surface area (Å²) in [5.41, 5.74) is -0.141. The van der Waals surface area contributed by atoms with Crippen LogP contribution in [0.15, 0.2) is 6.33 Å². The minimum absolute atomic E-state index is 0.00315. The summed E-state index contributed by atoms with van der Waals surface area (Å²) in [7, 11) is 0. The molecule has 2 rings (SSSR count). The summed E-state index contributed by atoms with van der Waals surface area (Å²) >= 11 is 1.81. The smallest absolute Gasteiger partial charge is 0.354 e. The molecule has 1 aliphatic rings. The van der Waals surface area contributed by atoms with E-state index in [-0.39, 0.29) is 17.3 Å². The minimum atomic E-state index is -1.16. The van der Waals surface area contributed by atoms with Crippen LogP contribution in [-0.2, 0) is 0 Å². The van der Waals surface area contributed by atoms with Crippen LogP contribution >= 0.6 is 11.8 Å².